The molecule has 0 radical (unpaired) electrons. The number of carbonyl (C=O) groups excluding carboxylic acids is 1. The summed E-state index contributed by atoms with van der Waals surface area (Å²) in [4.78, 5) is 27.0. The maximum atomic E-state index is 12.3. The van der Waals surface area contributed by atoms with Gasteiger partial charge in [0.05, 0.1) is 18.3 Å². The Morgan fingerprint density at radius 2 is 1.71 bits per heavy atom. The number of hydrogen-bond acceptors (Lipinski definition) is 8. The van der Waals surface area contributed by atoms with Crippen LogP contribution in [0, 0.1) is 40.4 Å². The molecule has 260 valence electrons. The molecular weight excluding hydrogens is 598 g/mol. The van der Waals surface area contributed by atoms with Crippen LogP contribution in [0.15, 0.2) is 47.6 Å². The number of carbonyl (C=O) groups is 1. The molecule has 0 unspecified atom stereocenters. The Morgan fingerprint density at radius 3 is 2.38 bits per heavy atom. The van der Waals surface area contributed by atoms with Gasteiger partial charge in [-0.15, -0.1) is 0 Å². The maximum Gasteiger partial charge on any atom is 0.178 e. The van der Waals surface area contributed by atoms with Gasteiger partial charge >= 0.3 is 0 Å². The van der Waals surface area contributed by atoms with Crippen LogP contribution in [0.1, 0.15) is 67.7 Å². The first-order chi connectivity index (χ1) is 22.9. The monoisotopic (exact) mass is 655 g/mol. The van der Waals surface area contributed by atoms with E-state index in [0.717, 1.165) is 81.6 Å². The second-order valence-electron chi connectivity index (χ2n) is 15.1. The third-order valence-corrected chi connectivity index (χ3v) is 12.8. The molecule has 3 fully saturated rings. The molecule has 8 heteroatoms. The first-order valence-corrected chi connectivity index (χ1v) is 18.5. The highest BCUT2D eigenvalue weighted by molar-refractivity contribution is 6.02. The Morgan fingerprint density at radius 1 is 1.02 bits per heavy atom. The maximum absolute atomic E-state index is 12.3. The van der Waals surface area contributed by atoms with Gasteiger partial charge in [0.1, 0.15) is 11.4 Å². The van der Waals surface area contributed by atoms with E-state index < -0.39 is 17.1 Å². The van der Waals surface area contributed by atoms with Crippen LogP contribution in [-0.2, 0) is 4.79 Å². The standard InChI is InChI=1S/C40H57N5O3/c1-8-43(9-2)33-13-14-35(44(10-3)11-4)41-37(33)45-23-21-42(22-24-45)20-12-17-40(48)19-16-31-30-25-28(5)32-26-29(46)15-18-38(32,6)36(30)34(47)27-39(31,40)7/h13-15,18,25-26,30-31,34,36,47-48H,8-11,16,19-24,27H2,1-7H3/t30-,31-,34-,36+,38-,39-,40-/m0/s1. The fourth-order valence-electron chi connectivity index (χ4n) is 10.0. The number of piperazine rings is 1. The third kappa shape index (κ3) is 5.70. The van der Waals surface area contributed by atoms with Crippen LogP contribution < -0.4 is 14.7 Å². The van der Waals surface area contributed by atoms with Gasteiger partial charge in [0.2, 0.25) is 0 Å². The molecule has 0 bridgehead atoms. The van der Waals surface area contributed by atoms with E-state index in [1.165, 1.54) is 5.69 Å². The number of aliphatic hydroxyl groups excluding tert-OH is 1. The topological polar surface area (TPSA) is 83.4 Å². The lowest BCUT2D eigenvalue weighted by Gasteiger charge is -2.58. The third-order valence-electron chi connectivity index (χ3n) is 12.8. The number of aliphatic hydroxyl groups is 2. The Kier molecular flexibility index (Phi) is 9.63. The number of aromatic nitrogens is 1. The van der Waals surface area contributed by atoms with Crippen LogP contribution in [0.25, 0.3) is 0 Å². The lowest BCUT2D eigenvalue weighted by molar-refractivity contribution is -0.129. The average Bonchev–Trinajstić information content (AvgIpc) is 3.33. The molecule has 1 aromatic heterocycles. The predicted molar refractivity (Wildman–Crippen MR) is 195 cm³/mol. The minimum absolute atomic E-state index is 0.0151. The summed E-state index contributed by atoms with van der Waals surface area (Å²) in [5.74, 6) is 9.23. The molecular formula is C40H57N5O3. The van der Waals surface area contributed by atoms with Crippen molar-refractivity contribution in [1.82, 2.24) is 9.88 Å². The molecule has 1 aromatic rings. The minimum atomic E-state index is -1.14. The van der Waals surface area contributed by atoms with E-state index in [4.69, 9.17) is 4.98 Å². The van der Waals surface area contributed by atoms with Gasteiger partial charge < -0.3 is 24.9 Å². The zero-order valence-electron chi connectivity index (χ0n) is 30.3. The smallest absolute Gasteiger partial charge is 0.178 e. The number of ketones is 1. The summed E-state index contributed by atoms with van der Waals surface area (Å²) in [6, 6.07) is 4.41. The number of anilines is 3. The predicted octanol–water partition coefficient (Wildman–Crippen LogP) is 5.08. The second-order valence-corrected chi connectivity index (χ2v) is 15.1. The van der Waals surface area contributed by atoms with Gasteiger partial charge in [-0.25, -0.2) is 4.98 Å². The number of nitrogens with zero attached hydrogens (tertiary/aromatic N) is 5. The molecule has 0 spiro atoms. The van der Waals surface area contributed by atoms with Gasteiger partial charge in [0, 0.05) is 69.1 Å². The average molecular weight is 656 g/mol. The van der Waals surface area contributed by atoms with Crippen molar-refractivity contribution in [1.29, 1.82) is 0 Å². The number of fused-ring (bicyclic) bond motifs is 5. The largest absolute Gasteiger partial charge is 0.393 e. The fraction of sp³-hybridized carbons (Fsp3) is 0.650. The van der Waals surface area contributed by atoms with Crippen LogP contribution in [-0.4, -0.2) is 96.5 Å². The van der Waals surface area contributed by atoms with E-state index in [-0.39, 0.29) is 29.0 Å². The van der Waals surface area contributed by atoms with Crippen molar-refractivity contribution >= 4 is 23.1 Å². The minimum Gasteiger partial charge on any atom is -0.393 e. The molecule has 5 aliphatic rings. The van der Waals surface area contributed by atoms with Gasteiger partial charge in [0.25, 0.3) is 0 Å². The van der Waals surface area contributed by atoms with Crippen molar-refractivity contribution in [3.05, 3.63) is 47.6 Å². The molecule has 0 amide bonds. The Balaban J connectivity index is 1.16. The highest BCUT2D eigenvalue weighted by Gasteiger charge is 2.65. The van der Waals surface area contributed by atoms with Gasteiger partial charge in [-0.2, -0.15) is 0 Å². The Bertz CT molecular complexity index is 1540. The fourth-order valence-corrected chi connectivity index (χ4v) is 10.0. The lowest BCUT2D eigenvalue weighted by atomic mass is 9.47. The van der Waals surface area contributed by atoms with Gasteiger partial charge in [0.15, 0.2) is 11.6 Å². The van der Waals surface area contributed by atoms with Gasteiger partial charge in [-0.1, -0.05) is 43.4 Å². The molecule has 2 saturated carbocycles. The molecule has 2 heterocycles. The summed E-state index contributed by atoms with van der Waals surface area (Å²) in [6.45, 7) is 23.1. The van der Waals surface area contributed by atoms with E-state index in [1.54, 1.807) is 12.2 Å². The van der Waals surface area contributed by atoms with Crippen molar-refractivity contribution in [3.8, 4) is 11.8 Å². The number of allylic oxidation sites excluding steroid dienone is 6. The zero-order chi connectivity index (χ0) is 34.4. The molecule has 48 heavy (non-hydrogen) atoms. The molecule has 6 rings (SSSR count). The van der Waals surface area contributed by atoms with Crippen molar-refractivity contribution in [2.24, 2.45) is 28.6 Å². The summed E-state index contributed by atoms with van der Waals surface area (Å²) in [5, 5.41) is 23.9. The number of rotatable bonds is 8. The number of pyridine rings is 1. The van der Waals surface area contributed by atoms with Crippen LogP contribution in [0.2, 0.25) is 0 Å². The molecule has 0 aromatic carbocycles. The van der Waals surface area contributed by atoms with Crippen molar-refractivity contribution in [2.45, 2.75) is 79.4 Å². The SMILES string of the molecule is CCN(CC)c1ccc(N(CC)CC)c(N2CCN(CC#C[C@]3(O)CC[C@H]4[C@@H]5C=C(C)C6=CC(=O)C=C[C@]6(C)[C@H]5[C@@H](O)C[C@@]43C)CC2)n1. The van der Waals surface area contributed by atoms with E-state index in [1.807, 2.05) is 6.08 Å². The van der Waals surface area contributed by atoms with Crippen molar-refractivity contribution in [3.63, 3.8) is 0 Å². The number of hydrogen-bond donors (Lipinski definition) is 2. The first-order valence-electron chi connectivity index (χ1n) is 18.5. The van der Waals surface area contributed by atoms with E-state index >= 15 is 0 Å². The quantitative estimate of drug-likeness (QED) is 0.376. The van der Waals surface area contributed by atoms with Crippen LogP contribution >= 0.6 is 0 Å². The summed E-state index contributed by atoms with van der Waals surface area (Å²) in [6.07, 6.45) is 9.14. The molecule has 4 aliphatic carbocycles. The van der Waals surface area contributed by atoms with Crippen LogP contribution in [0.3, 0.4) is 0 Å². The van der Waals surface area contributed by atoms with Crippen molar-refractivity contribution in [2.75, 3.05) is 73.6 Å². The molecule has 1 aliphatic heterocycles. The summed E-state index contributed by atoms with van der Waals surface area (Å²) < 4.78 is 0. The van der Waals surface area contributed by atoms with E-state index in [9.17, 15) is 15.0 Å². The highest BCUT2D eigenvalue weighted by Crippen LogP contribution is 2.66. The Hall–Kier alpha value is -3.12. The van der Waals surface area contributed by atoms with Crippen LogP contribution in [0.4, 0.5) is 17.3 Å². The van der Waals surface area contributed by atoms with E-state index in [2.05, 4.69) is 98.1 Å². The molecule has 8 nitrogen and oxygen atoms in total. The highest BCUT2D eigenvalue weighted by atomic mass is 16.3. The summed E-state index contributed by atoms with van der Waals surface area (Å²) in [7, 11) is 0. The summed E-state index contributed by atoms with van der Waals surface area (Å²) >= 11 is 0. The molecule has 1 saturated heterocycles. The lowest BCUT2D eigenvalue weighted by Crippen LogP contribution is -2.58. The normalized spacial score (nSPS) is 34.4. The molecule has 2 N–H and O–H groups in total. The van der Waals surface area contributed by atoms with Crippen molar-refractivity contribution < 1.29 is 15.0 Å². The Labute approximate surface area is 288 Å². The van der Waals surface area contributed by atoms with Crippen LogP contribution in [0.5, 0.6) is 0 Å². The van der Waals surface area contributed by atoms with Gasteiger partial charge in [-0.05, 0) is 95.6 Å². The molecule has 7 atom stereocenters. The summed E-state index contributed by atoms with van der Waals surface area (Å²) in [5.41, 5.74) is 1.31. The van der Waals surface area contributed by atoms with E-state index in [0.29, 0.717) is 19.4 Å². The zero-order valence-corrected chi connectivity index (χ0v) is 30.3. The van der Waals surface area contributed by atoms with Gasteiger partial charge in [-0.3, -0.25) is 9.69 Å². The first kappa shape index (κ1) is 34.7. The second kappa shape index (κ2) is 13.3.